The van der Waals surface area contributed by atoms with Gasteiger partial charge in [0, 0.05) is 16.5 Å². The van der Waals surface area contributed by atoms with Gasteiger partial charge in [-0.1, -0.05) is 213 Å². The molecule has 1 heterocycles. The van der Waals surface area contributed by atoms with Gasteiger partial charge < -0.3 is 4.57 Å². The van der Waals surface area contributed by atoms with Gasteiger partial charge in [-0.15, -0.1) is 0 Å². The molecule has 0 aliphatic rings. The first kappa shape index (κ1) is 37.3. The topological polar surface area (TPSA) is 4.93 Å². The lowest BCUT2D eigenvalue weighted by Gasteiger charge is -2.17. The molecule has 10 rings (SSSR count). The fourth-order valence-corrected chi connectivity index (χ4v) is 8.86. The van der Waals surface area contributed by atoms with E-state index < -0.39 is 0 Å². The molecular formula is C60H43N. The van der Waals surface area contributed by atoms with E-state index in [1.54, 1.807) is 0 Å². The van der Waals surface area contributed by atoms with Crippen LogP contribution in [0.1, 0.15) is 11.1 Å². The maximum atomic E-state index is 4.61. The molecule has 1 heteroatoms. The van der Waals surface area contributed by atoms with Crippen molar-refractivity contribution in [3.05, 3.63) is 261 Å². The minimum Gasteiger partial charge on any atom is -0.309 e. The maximum absolute atomic E-state index is 4.61. The average Bonchev–Trinajstić information content (AvgIpc) is 3.38. The average molecular weight is 778 g/mol. The summed E-state index contributed by atoms with van der Waals surface area (Å²) in [5, 5.41) is 6.96. The second-order valence-electron chi connectivity index (χ2n) is 15.4. The molecule has 0 bridgehead atoms. The SMILES string of the molecule is C=C/C=C(\C(=C)c1ccccc1)c1ccc2c(c1)c1ccccc1c1ccccc1c1cc(-c3ccccc3-c3ccccc3)ccc1n2-c1ccc(-c2ccccc2)cc1. The first-order valence-electron chi connectivity index (χ1n) is 20.8. The van der Waals surface area contributed by atoms with Gasteiger partial charge in [0.1, 0.15) is 0 Å². The van der Waals surface area contributed by atoms with Crippen LogP contribution < -0.4 is 0 Å². The zero-order valence-corrected chi connectivity index (χ0v) is 33.9. The Morgan fingerprint density at radius 3 is 1.39 bits per heavy atom. The van der Waals surface area contributed by atoms with Gasteiger partial charge in [-0.05, 0) is 114 Å². The number of aromatic nitrogens is 1. The van der Waals surface area contributed by atoms with Crippen molar-refractivity contribution in [3.63, 3.8) is 0 Å². The Morgan fingerprint density at radius 2 is 0.803 bits per heavy atom. The zero-order chi connectivity index (χ0) is 41.1. The van der Waals surface area contributed by atoms with Crippen molar-refractivity contribution in [1.82, 2.24) is 4.57 Å². The fraction of sp³-hybridized carbons (Fsp3) is 0. The molecule has 0 spiro atoms. The van der Waals surface area contributed by atoms with Gasteiger partial charge in [0.2, 0.25) is 0 Å². The monoisotopic (exact) mass is 777 g/mol. The summed E-state index contributed by atoms with van der Waals surface area (Å²) in [5.41, 5.74) is 14.5. The predicted molar refractivity (Wildman–Crippen MR) is 263 cm³/mol. The molecule has 288 valence electrons. The molecular weight excluding hydrogens is 735 g/mol. The molecule has 0 amide bonds. The molecule has 0 aliphatic heterocycles. The first-order valence-corrected chi connectivity index (χ1v) is 20.8. The summed E-state index contributed by atoms with van der Waals surface area (Å²) >= 11 is 0. The van der Waals surface area contributed by atoms with Crippen LogP contribution in [0.15, 0.2) is 250 Å². The van der Waals surface area contributed by atoms with Crippen LogP contribution >= 0.6 is 0 Å². The third kappa shape index (κ3) is 7.03. The van der Waals surface area contributed by atoms with E-state index in [1.165, 1.54) is 44.0 Å². The van der Waals surface area contributed by atoms with Crippen molar-refractivity contribution in [1.29, 1.82) is 0 Å². The van der Waals surface area contributed by atoms with Gasteiger partial charge in [-0.2, -0.15) is 0 Å². The van der Waals surface area contributed by atoms with Crippen LogP contribution in [-0.4, -0.2) is 4.57 Å². The third-order valence-corrected chi connectivity index (χ3v) is 11.8. The van der Waals surface area contributed by atoms with Gasteiger partial charge >= 0.3 is 0 Å². The van der Waals surface area contributed by atoms with E-state index in [0.29, 0.717) is 0 Å². The second-order valence-corrected chi connectivity index (χ2v) is 15.4. The molecule has 0 unspecified atom stereocenters. The van der Waals surface area contributed by atoms with E-state index in [1.807, 2.05) is 12.1 Å². The lowest BCUT2D eigenvalue weighted by Crippen LogP contribution is -1.99. The number of benzene rings is 9. The van der Waals surface area contributed by atoms with Crippen molar-refractivity contribution in [2.75, 3.05) is 0 Å². The highest BCUT2D eigenvalue weighted by molar-refractivity contribution is 6.20. The van der Waals surface area contributed by atoms with Crippen LogP contribution in [0.25, 0.3) is 93.6 Å². The lowest BCUT2D eigenvalue weighted by molar-refractivity contribution is 1.17. The van der Waals surface area contributed by atoms with Crippen molar-refractivity contribution >= 4 is 54.5 Å². The summed E-state index contributed by atoms with van der Waals surface area (Å²) in [6.07, 6.45) is 3.94. The molecule has 0 fully saturated rings. The molecule has 61 heavy (non-hydrogen) atoms. The molecule has 0 atom stereocenters. The molecule has 0 aliphatic carbocycles. The Balaban J connectivity index is 1.35. The number of hydrogen-bond acceptors (Lipinski definition) is 0. The molecule has 9 aromatic carbocycles. The van der Waals surface area contributed by atoms with Crippen molar-refractivity contribution in [3.8, 4) is 39.1 Å². The molecule has 10 aromatic rings. The Kier molecular flexibility index (Phi) is 9.98. The largest absolute Gasteiger partial charge is 0.309 e. The number of nitrogens with zero attached hydrogens (tertiary/aromatic N) is 1. The summed E-state index contributed by atoms with van der Waals surface area (Å²) in [7, 11) is 0. The Morgan fingerprint density at radius 1 is 0.361 bits per heavy atom. The Labute approximate surface area is 357 Å². The minimum absolute atomic E-state index is 0.948. The molecule has 0 saturated heterocycles. The smallest absolute Gasteiger partial charge is 0.0540 e. The number of fused-ring (bicyclic) bond motifs is 7. The maximum Gasteiger partial charge on any atom is 0.0540 e. The highest BCUT2D eigenvalue weighted by Gasteiger charge is 2.16. The Bertz CT molecular complexity index is 3350. The predicted octanol–water partition coefficient (Wildman–Crippen LogP) is 16.5. The van der Waals surface area contributed by atoms with Gasteiger partial charge in [-0.3, -0.25) is 0 Å². The summed E-state index contributed by atoms with van der Waals surface area (Å²) in [5.74, 6) is 0. The van der Waals surface area contributed by atoms with Crippen LogP contribution in [0.3, 0.4) is 0 Å². The normalized spacial score (nSPS) is 11.5. The fourth-order valence-electron chi connectivity index (χ4n) is 8.86. The van der Waals surface area contributed by atoms with Gasteiger partial charge in [0.25, 0.3) is 0 Å². The molecule has 0 saturated carbocycles. The first-order chi connectivity index (χ1) is 30.2. The number of rotatable bonds is 8. The van der Waals surface area contributed by atoms with Crippen LogP contribution in [0.2, 0.25) is 0 Å². The quantitative estimate of drug-likeness (QED) is 0.135. The highest BCUT2D eigenvalue weighted by Crippen LogP contribution is 2.40. The number of hydrogen-bond donors (Lipinski definition) is 0. The highest BCUT2D eigenvalue weighted by atomic mass is 15.0. The summed E-state index contributed by atoms with van der Waals surface area (Å²) in [6, 6.07) is 81.1. The number of allylic oxidation sites excluding steroid dienone is 4. The van der Waals surface area contributed by atoms with E-state index in [9.17, 15) is 0 Å². The van der Waals surface area contributed by atoms with E-state index >= 15 is 0 Å². The molecule has 0 radical (unpaired) electrons. The van der Waals surface area contributed by atoms with Gasteiger partial charge in [-0.25, -0.2) is 0 Å². The second kappa shape index (κ2) is 16.3. The summed E-state index contributed by atoms with van der Waals surface area (Å²) in [6.45, 7) is 8.73. The van der Waals surface area contributed by atoms with E-state index in [4.69, 9.17) is 0 Å². The van der Waals surface area contributed by atoms with Crippen molar-refractivity contribution < 1.29 is 0 Å². The molecule has 0 N–H and O–H groups in total. The van der Waals surface area contributed by atoms with Crippen LogP contribution in [-0.2, 0) is 0 Å². The lowest BCUT2D eigenvalue weighted by atomic mass is 9.91. The molecule has 1 nitrogen and oxygen atoms in total. The van der Waals surface area contributed by atoms with Gasteiger partial charge in [0.05, 0.1) is 11.0 Å². The standard InChI is InChI=1S/C60H43N/c1-3-19-50(42(2)43-20-7-4-8-21-43)47-34-38-59-57(40-47)55-30-17-15-28-53(55)54-29-16-18-31-56(54)58-41-48(52-27-14-13-26-51(52)46-24-11-6-12-25-46)35-39-60(58)61(59)49-36-32-45(33-37-49)44-22-9-5-10-23-44/h3-41H,1-2H2/b50-19+. The zero-order valence-electron chi connectivity index (χ0n) is 33.9. The molecule has 1 aromatic heterocycles. The van der Waals surface area contributed by atoms with Gasteiger partial charge in [0.15, 0.2) is 0 Å². The third-order valence-electron chi connectivity index (χ3n) is 11.8. The Hall–Kier alpha value is -8.00. The van der Waals surface area contributed by atoms with E-state index in [2.05, 4.69) is 242 Å². The summed E-state index contributed by atoms with van der Waals surface area (Å²) in [4.78, 5) is 0. The van der Waals surface area contributed by atoms with Crippen molar-refractivity contribution in [2.24, 2.45) is 0 Å². The van der Waals surface area contributed by atoms with Crippen LogP contribution in [0, 0.1) is 0 Å². The minimum atomic E-state index is 0.948. The van der Waals surface area contributed by atoms with Crippen molar-refractivity contribution in [2.45, 2.75) is 0 Å². The van der Waals surface area contributed by atoms with Crippen LogP contribution in [0.5, 0.6) is 0 Å². The van der Waals surface area contributed by atoms with E-state index in [-0.39, 0.29) is 0 Å². The van der Waals surface area contributed by atoms with Crippen LogP contribution in [0.4, 0.5) is 0 Å². The van der Waals surface area contributed by atoms with E-state index in [0.717, 1.165) is 60.7 Å². The summed E-state index contributed by atoms with van der Waals surface area (Å²) < 4.78 is 2.46.